The van der Waals surface area contributed by atoms with E-state index in [1.807, 2.05) is 0 Å². The highest BCUT2D eigenvalue weighted by molar-refractivity contribution is 6.28. The van der Waals surface area contributed by atoms with Crippen LogP contribution in [0.3, 0.4) is 0 Å². The zero-order chi connectivity index (χ0) is 12.4. The number of rotatable bonds is 2. The minimum atomic E-state index is -0.0104. The first-order chi connectivity index (χ1) is 8.10. The Morgan fingerprint density at radius 1 is 1.47 bits per heavy atom. The normalized spacial score (nSPS) is 19.0. The molecule has 1 aliphatic rings. The van der Waals surface area contributed by atoms with Crippen molar-refractivity contribution in [2.75, 3.05) is 10.6 Å². The number of hydrogen-bond donors (Lipinski definition) is 2. The van der Waals surface area contributed by atoms with Gasteiger partial charge in [-0.05, 0) is 24.9 Å². The second-order valence-electron chi connectivity index (χ2n) is 4.18. The maximum absolute atomic E-state index is 11.7. The van der Waals surface area contributed by atoms with Gasteiger partial charge in [0.25, 0.3) is 0 Å². The molecule has 1 aromatic heterocycles. The smallest absolute Gasteiger partial charge is 0.226 e. The molecule has 0 radical (unpaired) electrons. The molecule has 0 aromatic carbocycles. The molecular weight excluding hydrogens is 240 g/mol. The van der Waals surface area contributed by atoms with Crippen molar-refractivity contribution in [3.05, 3.63) is 11.0 Å². The molecule has 17 heavy (non-hydrogen) atoms. The van der Waals surface area contributed by atoms with Gasteiger partial charge in [0.15, 0.2) is 5.82 Å². The fourth-order valence-corrected chi connectivity index (χ4v) is 2.19. The largest absolute Gasteiger partial charge is 0.365 e. The Kier molecular flexibility index (Phi) is 3.47. The van der Waals surface area contributed by atoms with Gasteiger partial charge in [0.2, 0.25) is 11.2 Å². The number of amides is 1. The molecule has 1 aromatic rings. The predicted molar refractivity (Wildman–Crippen MR) is 67.3 cm³/mol. The van der Waals surface area contributed by atoms with Crippen LogP contribution in [0.1, 0.15) is 31.9 Å². The number of anilines is 2. The Bertz CT molecular complexity index is 449. The summed E-state index contributed by atoms with van der Waals surface area (Å²) < 4.78 is 0. The van der Waals surface area contributed by atoms with Crippen LogP contribution < -0.4 is 10.6 Å². The molecule has 1 unspecified atom stereocenters. The molecule has 0 fully saturated rings. The van der Waals surface area contributed by atoms with Crippen LogP contribution in [0.4, 0.5) is 11.5 Å². The number of nitrogens with zero attached hydrogens (tertiary/aromatic N) is 2. The summed E-state index contributed by atoms with van der Waals surface area (Å²) in [6.45, 7) is 3.89. The fourth-order valence-electron chi connectivity index (χ4n) is 1.97. The highest BCUT2D eigenvalue weighted by Crippen LogP contribution is 2.28. The fraction of sp³-hybridized carbons (Fsp3) is 0.545. The average Bonchev–Trinajstić information content (AvgIpc) is 2.37. The minimum Gasteiger partial charge on any atom is -0.365 e. The summed E-state index contributed by atoms with van der Waals surface area (Å²) in [6.07, 6.45) is 2.38. The maximum Gasteiger partial charge on any atom is 0.226 e. The van der Waals surface area contributed by atoms with Gasteiger partial charge in [-0.25, -0.2) is 4.98 Å². The number of aromatic nitrogens is 2. The van der Waals surface area contributed by atoms with E-state index >= 15 is 0 Å². The summed E-state index contributed by atoms with van der Waals surface area (Å²) in [4.78, 5) is 19.9. The van der Waals surface area contributed by atoms with Gasteiger partial charge < -0.3 is 10.6 Å². The first-order valence-electron chi connectivity index (χ1n) is 5.70. The summed E-state index contributed by atoms with van der Waals surface area (Å²) in [5, 5.41) is 6.27. The lowest BCUT2D eigenvalue weighted by molar-refractivity contribution is -0.116. The van der Waals surface area contributed by atoms with Gasteiger partial charge in [-0.2, -0.15) is 4.98 Å². The Labute approximate surface area is 105 Å². The van der Waals surface area contributed by atoms with Crippen molar-refractivity contribution in [3.63, 3.8) is 0 Å². The third-order valence-electron chi connectivity index (χ3n) is 2.74. The quantitative estimate of drug-likeness (QED) is 0.795. The summed E-state index contributed by atoms with van der Waals surface area (Å²) in [5.74, 6) is 0.607. The molecule has 1 atom stereocenters. The van der Waals surface area contributed by atoms with Gasteiger partial charge in [-0.15, -0.1) is 0 Å². The van der Waals surface area contributed by atoms with Crippen LogP contribution in [-0.2, 0) is 4.79 Å². The third kappa shape index (κ3) is 2.66. The average molecular weight is 255 g/mol. The number of fused-ring (bicyclic) bond motifs is 1. The topological polar surface area (TPSA) is 66.9 Å². The van der Waals surface area contributed by atoms with Crippen LogP contribution in [0.25, 0.3) is 0 Å². The molecular formula is C11H15ClN4O. The molecule has 0 saturated carbocycles. The Morgan fingerprint density at radius 3 is 2.94 bits per heavy atom. The molecule has 92 valence electrons. The second kappa shape index (κ2) is 4.87. The SMILES string of the molecule is CCCC1CC(=O)Nc2c(C)nc(Cl)nc2N1. The molecule has 0 saturated heterocycles. The van der Waals surface area contributed by atoms with E-state index in [4.69, 9.17) is 11.6 Å². The van der Waals surface area contributed by atoms with E-state index in [0.29, 0.717) is 23.6 Å². The number of halogens is 1. The second-order valence-corrected chi connectivity index (χ2v) is 4.52. The van der Waals surface area contributed by atoms with Crippen molar-refractivity contribution in [3.8, 4) is 0 Å². The summed E-state index contributed by atoms with van der Waals surface area (Å²) in [6, 6.07) is 0.103. The number of carbonyl (C=O) groups excluding carboxylic acids is 1. The maximum atomic E-state index is 11.7. The molecule has 2 heterocycles. The Balaban J connectivity index is 2.37. The van der Waals surface area contributed by atoms with Gasteiger partial charge in [-0.1, -0.05) is 13.3 Å². The molecule has 2 rings (SSSR count). The number of aryl methyl sites for hydroxylation is 1. The lowest BCUT2D eigenvalue weighted by Crippen LogP contribution is -2.22. The first kappa shape index (κ1) is 12.1. The van der Waals surface area contributed by atoms with Crippen LogP contribution in [-0.4, -0.2) is 21.9 Å². The van der Waals surface area contributed by atoms with Crippen LogP contribution in [0.15, 0.2) is 0 Å². The van der Waals surface area contributed by atoms with E-state index in [1.165, 1.54) is 0 Å². The van der Waals surface area contributed by atoms with Crippen LogP contribution in [0.2, 0.25) is 5.28 Å². The van der Waals surface area contributed by atoms with Gasteiger partial charge in [0, 0.05) is 12.5 Å². The predicted octanol–water partition coefficient (Wildman–Crippen LogP) is 2.36. The zero-order valence-corrected chi connectivity index (χ0v) is 10.6. The van der Waals surface area contributed by atoms with Crippen molar-refractivity contribution >= 4 is 29.0 Å². The number of nitrogens with one attached hydrogen (secondary N) is 2. The van der Waals surface area contributed by atoms with Crippen LogP contribution >= 0.6 is 11.6 Å². The van der Waals surface area contributed by atoms with Crippen molar-refractivity contribution < 1.29 is 4.79 Å². The molecule has 0 bridgehead atoms. The molecule has 1 aliphatic heterocycles. The summed E-state index contributed by atoms with van der Waals surface area (Å²) >= 11 is 5.82. The van der Waals surface area contributed by atoms with E-state index in [2.05, 4.69) is 27.5 Å². The Morgan fingerprint density at radius 2 is 2.24 bits per heavy atom. The standard InChI is InChI=1S/C11H15ClN4O/c1-3-4-7-5-8(17)15-9-6(2)13-11(12)16-10(9)14-7/h7H,3-5H2,1-2H3,(H,15,17)(H,13,14,16). The molecule has 2 N–H and O–H groups in total. The lowest BCUT2D eigenvalue weighted by atomic mass is 10.1. The van der Waals surface area contributed by atoms with E-state index in [-0.39, 0.29) is 17.2 Å². The van der Waals surface area contributed by atoms with Crippen molar-refractivity contribution in [1.29, 1.82) is 0 Å². The molecule has 5 nitrogen and oxygen atoms in total. The molecule has 0 spiro atoms. The third-order valence-corrected chi connectivity index (χ3v) is 2.91. The highest BCUT2D eigenvalue weighted by Gasteiger charge is 2.23. The summed E-state index contributed by atoms with van der Waals surface area (Å²) in [7, 11) is 0. The summed E-state index contributed by atoms with van der Waals surface area (Å²) in [5.41, 5.74) is 1.32. The first-order valence-corrected chi connectivity index (χ1v) is 6.08. The van der Waals surface area contributed by atoms with E-state index in [1.54, 1.807) is 6.92 Å². The number of carbonyl (C=O) groups is 1. The minimum absolute atomic E-state index is 0.0104. The van der Waals surface area contributed by atoms with E-state index in [9.17, 15) is 4.79 Å². The van der Waals surface area contributed by atoms with Crippen molar-refractivity contribution in [1.82, 2.24) is 9.97 Å². The Hall–Kier alpha value is -1.36. The molecule has 1 amide bonds. The van der Waals surface area contributed by atoms with Crippen LogP contribution in [0.5, 0.6) is 0 Å². The van der Waals surface area contributed by atoms with Gasteiger partial charge in [0.1, 0.15) is 5.69 Å². The monoisotopic (exact) mass is 254 g/mol. The molecule has 0 aliphatic carbocycles. The van der Waals surface area contributed by atoms with E-state index in [0.717, 1.165) is 12.8 Å². The molecule has 6 heteroatoms. The zero-order valence-electron chi connectivity index (χ0n) is 9.88. The van der Waals surface area contributed by atoms with Gasteiger partial charge in [-0.3, -0.25) is 4.79 Å². The van der Waals surface area contributed by atoms with Gasteiger partial charge in [0.05, 0.1) is 5.69 Å². The van der Waals surface area contributed by atoms with Crippen molar-refractivity contribution in [2.45, 2.75) is 39.2 Å². The van der Waals surface area contributed by atoms with Crippen LogP contribution in [0, 0.1) is 6.92 Å². The highest BCUT2D eigenvalue weighted by atomic mass is 35.5. The number of hydrogen-bond acceptors (Lipinski definition) is 4. The van der Waals surface area contributed by atoms with Gasteiger partial charge >= 0.3 is 0 Å². The van der Waals surface area contributed by atoms with E-state index < -0.39 is 0 Å². The lowest BCUT2D eigenvalue weighted by Gasteiger charge is -2.15. The van der Waals surface area contributed by atoms with Crippen molar-refractivity contribution in [2.24, 2.45) is 0 Å².